The number of nitrogens with zero attached hydrogens (tertiary/aromatic N) is 1. The average molecular weight is 416 g/mol. The van der Waals surface area contributed by atoms with Crippen LogP contribution < -0.4 is 0 Å². The van der Waals surface area contributed by atoms with Gasteiger partial charge in [-0.1, -0.05) is 0 Å². The summed E-state index contributed by atoms with van der Waals surface area (Å²) in [4.78, 5) is 23.5. The molecule has 1 fully saturated rings. The van der Waals surface area contributed by atoms with Crippen molar-refractivity contribution in [2.75, 3.05) is 6.54 Å². The summed E-state index contributed by atoms with van der Waals surface area (Å²) in [5.74, 6) is -0.958. The predicted octanol–water partition coefficient (Wildman–Crippen LogP) is -0.407. The van der Waals surface area contributed by atoms with Crippen LogP contribution in [0.5, 0.6) is 0 Å². The topological polar surface area (TPSA) is 46.6 Å². The molecule has 4 nitrogen and oxygen atoms in total. The van der Waals surface area contributed by atoms with Crippen LogP contribution in [0.25, 0.3) is 0 Å². The fourth-order valence-electron chi connectivity index (χ4n) is 1.45. The molecular weight excluding hydrogens is 407 g/mol. The Bertz CT molecular complexity index is 247. The second kappa shape index (κ2) is 6.31. The molecule has 1 amide bonds. The van der Waals surface area contributed by atoms with Gasteiger partial charge in [0.05, 0.1) is 5.91 Å². The summed E-state index contributed by atoms with van der Waals surface area (Å²) >= 11 is 0. The van der Waals surface area contributed by atoms with Crippen LogP contribution in [0.4, 0.5) is 0 Å². The zero-order valence-corrected chi connectivity index (χ0v) is 11.8. The average Bonchev–Trinajstić information content (AvgIpc) is 2.63. The molecule has 0 N–H and O–H groups in total. The maximum Gasteiger partial charge on any atom is 2.00 e. The molecule has 1 unspecified atom stereocenters. The van der Waals surface area contributed by atoms with Gasteiger partial charge in [0.2, 0.25) is 0 Å². The molecule has 1 rings (SSSR count). The Labute approximate surface area is 108 Å². The smallest absolute Gasteiger partial charge is 0.542 e. The van der Waals surface area contributed by atoms with E-state index in [1.54, 1.807) is 0 Å². The first-order chi connectivity index (χ1) is 6.20. The van der Waals surface area contributed by atoms with Gasteiger partial charge in [0, 0.05) is 6.54 Å². The third kappa shape index (κ3) is 2.89. The molecule has 1 saturated heterocycles. The van der Waals surface area contributed by atoms with E-state index in [0.717, 1.165) is 12.5 Å². The van der Waals surface area contributed by atoms with Gasteiger partial charge in [0.25, 0.3) is 0 Å². The van der Waals surface area contributed by atoms with Crippen molar-refractivity contribution in [2.45, 2.75) is 18.9 Å². The predicted molar refractivity (Wildman–Crippen MR) is 45.5 cm³/mol. The molecule has 1 heterocycles. The summed E-state index contributed by atoms with van der Waals surface area (Å²) in [6.07, 6.45) is 2.27. The minimum absolute atomic E-state index is 0. The molecule has 0 aliphatic carbocycles. The number of likely N-dealkylation sites (tertiary alicyclic amines) is 1. The maximum absolute atomic E-state index is 11.1. The van der Waals surface area contributed by atoms with Crippen molar-refractivity contribution >= 4 is 19.9 Å². The van der Waals surface area contributed by atoms with Gasteiger partial charge in [0.1, 0.15) is 6.04 Å². The van der Waals surface area contributed by atoms with E-state index in [9.17, 15) is 9.59 Å². The van der Waals surface area contributed by atoms with Crippen molar-refractivity contribution in [3.05, 3.63) is 12.7 Å². The van der Waals surface area contributed by atoms with Gasteiger partial charge < -0.3 is 14.3 Å². The van der Waals surface area contributed by atoms with Crippen molar-refractivity contribution in [1.29, 1.82) is 0 Å². The minimum atomic E-state index is -0.590. The summed E-state index contributed by atoms with van der Waals surface area (Å²) in [5.41, 5.74) is 0. The molecule has 70 valence electrons. The van der Waals surface area contributed by atoms with Crippen LogP contribution in [0, 0.1) is 37.7 Å². The summed E-state index contributed by atoms with van der Waals surface area (Å²) < 4.78 is 4.07. The molecule has 1 aliphatic heterocycles. The first-order valence-corrected chi connectivity index (χ1v) is 3.97. The molecule has 14 heavy (non-hydrogen) atoms. The summed E-state index contributed by atoms with van der Waals surface area (Å²) in [7, 11) is 4.73. The summed E-state index contributed by atoms with van der Waals surface area (Å²) in [5, 5.41) is 0. The molecule has 6 heteroatoms. The Kier molecular flexibility index (Phi) is 6.22. The maximum atomic E-state index is 11.1. The molecule has 0 bridgehead atoms. The molecule has 0 saturated carbocycles. The van der Waals surface area contributed by atoms with Gasteiger partial charge in [0.15, 0.2) is 0 Å². The van der Waals surface area contributed by atoms with Crippen molar-refractivity contribution < 1.29 is 45.4 Å². The van der Waals surface area contributed by atoms with E-state index < -0.39 is 12.0 Å². The first-order valence-electron chi connectivity index (χ1n) is 3.97. The van der Waals surface area contributed by atoms with E-state index in [2.05, 4.69) is 4.65 Å². The molecule has 1 aliphatic rings. The summed E-state index contributed by atoms with van der Waals surface area (Å²) in [6, 6.07) is -0.572. The van der Waals surface area contributed by atoms with Crippen LogP contribution in [0.15, 0.2) is 6.08 Å². The number of hydrogen-bond donors (Lipinski definition) is 0. The second-order valence-electron chi connectivity index (χ2n) is 2.79. The molecular formula is C8H9BNO3U+. The molecule has 1 atom stereocenters. The normalized spacial score (nSPS) is 19.7. The Hall–Kier alpha value is -0.203. The van der Waals surface area contributed by atoms with Crippen molar-refractivity contribution in [3.63, 3.8) is 0 Å². The number of rotatable bonds is 2. The zero-order valence-electron chi connectivity index (χ0n) is 7.60. The molecule has 0 aromatic carbocycles. The van der Waals surface area contributed by atoms with Gasteiger partial charge in [-0.15, -0.1) is 0 Å². The van der Waals surface area contributed by atoms with Gasteiger partial charge in [-0.2, -0.15) is 6.08 Å². The monoisotopic (exact) mass is 416 g/mol. The second-order valence-corrected chi connectivity index (χ2v) is 2.79. The fourth-order valence-corrected chi connectivity index (χ4v) is 1.45. The Morgan fingerprint density at radius 2 is 2.21 bits per heavy atom. The molecule has 2 radical (unpaired) electrons. The van der Waals surface area contributed by atoms with Gasteiger partial charge >= 0.3 is 45.1 Å². The van der Waals surface area contributed by atoms with Gasteiger partial charge in [-0.3, -0.25) is 11.4 Å². The number of carbonyl (C=O) groups is 2. The van der Waals surface area contributed by atoms with Crippen molar-refractivity contribution in [3.8, 4) is 0 Å². The van der Waals surface area contributed by atoms with Gasteiger partial charge in [-0.25, -0.2) is 0 Å². The van der Waals surface area contributed by atoms with Crippen molar-refractivity contribution in [1.82, 2.24) is 4.90 Å². The van der Waals surface area contributed by atoms with E-state index in [1.807, 2.05) is 0 Å². The van der Waals surface area contributed by atoms with Crippen molar-refractivity contribution in [2.24, 2.45) is 0 Å². The largest absolute Gasteiger partial charge is 2.00 e. The summed E-state index contributed by atoms with van der Waals surface area (Å²) in [6.45, 7) is 5.58. The van der Waals surface area contributed by atoms with Crippen LogP contribution >= 0.6 is 0 Å². The van der Waals surface area contributed by atoms with Crippen LogP contribution in [-0.2, 0) is 14.2 Å². The van der Waals surface area contributed by atoms with E-state index >= 15 is 0 Å². The zero-order chi connectivity index (χ0) is 9.84. The number of hydrogen-bond acceptors (Lipinski definition) is 3. The Morgan fingerprint density at radius 3 is 2.71 bits per heavy atom. The van der Waals surface area contributed by atoms with Crippen LogP contribution in [0.1, 0.15) is 12.8 Å². The van der Waals surface area contributed by atoms with Crippen LogP contribution in [0.3, 0.4) is 0 Å². The van der Waals surface area contributed by atoms with E-state index in [1.165, 1.54) is 4.90 Å². The number of carbonyl (C=O) groups excluding carboxylic acids is 2. The van der Waals surface area contributed by atoms with E-state index in [0.29, 0.717) is 13.0 Å². The van der Waals surface area contributed by atoms with E-state index in [-0.39, 0.29) is 37.0 Å². The van der Waals surface area contributed by atoms with Gasteiger partial charge in [-0.05, 0) is 12.8 Å². The quantitative estimate of drug-likeness (QED) is 0.350. The van der Waals surface area contributed by atoms with Crippen LogP contribution in [0.2, 0.25) is 0 Å². The van der Waals surface area contributed by atoms with Crippen LogP contribution in [-0.4, -0.2) is 37.4 Å². The SMILES string of the molecule is [B]OC(=O)C1CCCN1C(=O)C=[CH-].[U+2]. The molecule has 0 spiro atoms. The first kappa shape index (κ1) is 13.8. The number of amides is 1. The van der Waals surface area contributed by atoms with E-state index in [4.69, 9.17) is 14.6 Å². The molecule has 0 aromatic heterocycles. The Morgan fingerprint density at radius 1 is 1.57 bits per heavy atom. The Balaban J connectivity index is 0.00000169. The third-order valence-corrected chi connectivity index (χ3v) is 2.07. The molecule has 0 aromatic rings. The standard InChI is InChI=1S/C8H9BNO3.U/c1-2-7(11)10-5-3-4-6(10)8(12)13-9;/h1-2,6H,3-5H2;/q-1;+2. The third-order valence-electron chi connectivity index (χ3n) is 2.07. The minimum Gasteiger partial charge on any atom is -0.542 e. The fraction of sp³-hybridized carbons (Fsp3) is 0.500.